The van der Waals surface area contributed by atoms with Crippen LogP contribution in [0.3, 0.4) is 0 Å². The molecule has 116 valence electrons. The molecule has 0 radical (unpaired) electrons. The Morgan fingerprint density at radius 1 is 1.18 bits per heavy atom. The maximum absolute atomic E-state index is 14.1. The lowest BCUT2D eigenvalue weighted by atomic mass is 10.0. The van der Waals surface area contributed by atoms with Crippen LogP contribution in [0.2, 0.25) is 0 Å². The van der Waals surface area contributed by atoms with Crippen LogP contribution in [0.5, 0.6) is 0 Å². The fraction of sp³-hybridized carbons (Fsp3) is 0.200. The smallest absolute Gasteiger partial charge is 0.354 e. The molecule has 1 heterocycles. The summed E-state index contributed by atoms with van der Waals surface area (Å²) in [6, 6.07) is 3.60. The molecule has 0 fully saturated rings. The zero-order valence-electron chi connectivity index (χ0n) is 11.5. The third-order valence-corrected chi connectivity index (χ3v) is 2.93. The number of aromatic carboxylic acids is 1. The minimum atomic E-state index is -1.44. The van der Waals surface area contributed by atoms with Crippen LogP contribution in [0.1, 0.15) is 23.0 Å². The zero-order chi connectivity index (χ0) is 16.4. The van der Waals surface area contributed by atoms with E-state index < -0.39 is 46.5 Å². The predicted octanol–water partition coefficient (Wildman–Crippen LogP) is 2.79. The number of nitrogens with zero attached hydrogens (tertiary/aromatic N) is 1. The van der Waals surface area contributed by atoms with Crippen LogP contribution in [0, 0.1) is 17.5 Å². The lowest BCUT2D eigenvalue weighted by Gasteiger charge is -2.10. The van der Waals surface area contributed by atoms with Gasteiger partial charge in [-0.05, 0) is 43.2 Å². The molecule has 4 nitrogen and oxygen atoms in total. The molecule has 7 heteroatoms. The molecule has 0 aliphatic rings. The van der Waals surface area contributed by atoms with Gasteiger partial charge in [0.15, 0.2) is 0 Å². The number of carboxylic acids is 1. The van der Waals surface area contributed by atoms with Gasteiger partial charge in [0.25, 0.3) is 0 Å². The molecule has 0 saturated carbocycles. The summed E-state index contributed by atoms with van der Waals surface area (Å²) in [4.78, 5) is 14.3. The average molecular weight is 311 g/mol. The number of hydrogen-bond acceptors (Lipinski definition) is 3. The predicted molar refractivity (Wildman–Crippen MR) is 71.9 cm³/mol. The second-order valence-electron chi connectivity index (χ2n) is 4.82. The fourth-order valence-electron chi connectivity index (χ4n) is 2.05. The lowest BCUT2D eigenvalue weighted by molar-refractivity contribution is 0.0690. The van der Waals surface area contributed by atoms with Crippen molar-refractivity contribution in [2.24, 2.45) is 0 Å². The summed E-state index contributed by atoms with van der Waals surface area (Å²) in [6.07, 6.45) is -0.769. The summed E-state index contributed by atoms with van der Waals surface area (Å²) in [7, 11) is 0. The number of carboxylic acid groups (broad SMARTS) is 1. The van der Waals surface area contributed by atoms with Crippen molar-refractivity contribution < 1.29 is 28.2 Å². The number of rotatable bonds is 4. The molecule has 0 aliphatic carbocycles. The van der Waals surface area contributed by atoms with E-state index in [1.807, 2.05) is 0 Å². The molecular formula is C15H12F3NO3. The molecule has 0 saturated heterocycles. The number of benzene rings is 1. The van der Waals surface area contributed by atoms with Crippen molar-refractivity contribution in [1.29, 1.82) is 0 Å². The number of aliphatic hydroxyl groups excluding tert-OH is 1. The first-order chi connectivity index (χ1) is 10.3. The Kier molecular flexibility index (Phi) is 4.46. The second-order valence-corrected chi connectivity index (χ2v) is 4.82. The Bertz CT molecular complexity index is 709. The van der Waals surface area contributed by atoms with Gasteiger partial charge in [-0.2, -0.15) is 0 Å². The van der Waals surface area contributed by atoms with Gasteiger partial charge in [0.2, 0.25) is 0 Å². The van der Waals surface area contributed by atoms with Crippen molar-refractivity contribution >= 4 is 5.97 Å². The van der Waals surface area contributed by atoms with Gasteiger partial charge in [0, 0.05) is 0 Å². The van der Waals surface area contributed by atoms with E-state index in [1.54, 1.807) is 0 Å². The maximum Gasteiger partial charge on any atom is 0.354 e. The number of aromatic nitrogens is 1. The van der Waals surface area contributed by atoms with Crippen LogP contribution < -0.4 is 0 Å². The largest absolute Gasteiger partial charge is 0.477 e. The Morgan fingerprint density at radius 3 is 2.27 bits per heavy atom. The minimum Gasteiger partial charge on any atom is -0.477 e. The summed E-state index contributed by atoms with van der Waals surface area (Å²) < 4.78 is 41.9. The van der Waals surface area contributed by atoms with Crippen LogP contribution in [-0.2, 0) is 6.42 Å². The Morgan fingerprint density at radius 2 is 1.77 bits per heavy atom. The van der Waals surface area contributed by atoms with Gasteiger partial charge < -0.3 is 10.2 Å². The molecule has 1 aromatic carbocycles. The van der Waals surface area contributed by atoms with Crippen molar-refractivity contribution in [3.8, 4) is 11.3 Å². The van der Waals surface area contributed by atoms with Crippen molar-refractivity contribution in [1.82, 2.24) is 4.98 Å². The molecule has 2 rings (SSSR count). The van der Waals surface area contributed by atoms with Gasteiger partial charge in [-0.3, -0.25) is 0 Å². The highest BCUT2D eigenvalue weighted by Crippen LogP contribution is 2.28. The van der Waals surface area contributed by atoms with E-state index in [0.29, 0.717) is 0 Å². The van der Waals surface area contributed by atoms with Crippen molar-refractivity contribution in [2.45, 2.75) is 19.4 Å². The van der Waals surface area contributed by atoms with Gasteiger partial charge in [-0.15, -0.1) is 0 Å². The van der Waals surface area contributed by atoms with E-state index in [4.69, 9.17) is 5.11 Å². The minimum absolute atomic E-state index is 0.0270. The summed E-state index contributed by atoms with van der Waals surface area (Å²) >= 11 is 0. The van der Waals surface area contributed by atoms with Crippen LogP contribution in [0.25, 0.3) is 11.3 Å². The SMILES string of the molecule is CC(O)Cc1cc(F)c(-c2nc(C(=O)O)ccc2F)c(F)c1. The van der Waals surface area contributed by atoms with Gasteiger partial charge in [-0.25, -0.2) is 22.9 Å². The van der Waals surface area contributed by atoms with Gasteiger partial charge in [0.05, 0.1) is 11.7 Å². The van der Waals surface area contributed by atoms with Gasteiger partial charge >= 0.3 is 5.97 Å². The van der Waals surface area contributed by atoms with Crippen LogP contribution in [-0.4, -0.2) is 27.3 Å². The third kappa shape index (κ3) is 3.25. The van der Waals surface area contributed by atoms with E-state index in [0.717, 1.165) is 24.3 Å². The summed E-state index contributed by atoms with van der Waals surface area (Å²) in [5.74, 6) is -4.63. The normalized spacial score (nSPS) is 12.2. The first-order valence-corrected chi connectivity index (χ1v) is 6.35. The lowest BCUT2D eigenvalue weighted by Crippen LogP contribution is -2.07. The van der Waals surface area contributed by atoms with Gasteiger partial charge in [-0.1, -0.05) is 0 Å². The molecule has 2 aromatic rings. The Hall–Kier alpha value is -2.41. The highest BCUT2D eigenvalue weighted by Gasteiger charge is 2.20. The molecule has 0 bridgehead atoms. The van der Waals surface area contributed by atoms with E-state index in [1.165, 1.54) is 6.92 Å². The molecular weight excluding hydrogens is 299 g/mol. The highest BCUT2D eigenvalue weighted by atomic mass is 19.1. The first-order valence-electron chi connectivity index (χ1n) is 6.35. The fourth-order valence-corrected chi connectivity index (χ4v) is 2.05. The second kappa shape index (κ2) is 6.15. The number of pyridine rings is 1. The van der Waals surface area contributed by atoms with E-state index in [9.17, 15) is 23.1 Å². The molecule has 0 spiro atoms. The Labute approximate surface area is 123 Å². The van der Waals surface area contributed by atoms with E-state index in [-0.39, 0.29) is 12.0 Å². The van der Waals surface area contributed by atoms with Crippen LogP contribution >= 0.6 is 0 Å². The summed E-state index contributed by atoms with van der Waals surface area (Å²) in [5.41, 5.74) is -1.78. The van der Waals surface area contributed by atoms with Crippen molar-refractivity contribution in [3.63, 3.8) is 0 Å². The molecule has 2 N–H and O–H groups in total. The molecule has 0 aliphatic heterocycles. The monoisotopic (exact) mass is 311 g/mol. The number of halogens is 3. The summed E-state index contributed by atoms with van der Waals surface area (Å²) in [6.45, 7) is 1.46. The standard InChI is InChI=1S/C15H12F3NO3/c1-7(20)4-8-5-10(17)13(11(18)6-8)14-9(16)2-3-12(19-14)15(21)22/h2-3,5-7,20H,4H2,1H3,(H,21,22). The summed E-state index contributed by atoms with van der Waals surface area (Å²) in [5, 5.41) is 18.1. The molecule has 1 atom stereocenters. The molecule has 1 aromatic heterocycles. The molecule has 1 unspecified atom stereocenters. The zero-order valence-corrected chi connectivity index (χ0v) is 11.5. The quantitative estimate of drug-likeness (QED) is 0.911. The van der Waals surface area contributed by atoms with E-state index >= 15 is 0 Å². The average Bonchev–Trinajstić information content (AvgIpc) is 2.38. The number of aliphatic hydroxyl groups is 1. The van der Waals surface area contributed by atoms with Crippen molar-refractivity contribution in [2.75, 3.05) is 0 Å². The first kappa shape index (κ1) is 16.0. The van der Waals surface area contributed by atoms with Gasteiger partial charge in [0.1, 0.15) is 28.8 Å². The Balaban J connectivity index is 2.58. The van der Waals surface area contributed by atoms with Crippen LogP contribution in [0.4, 0.5) is 13.2 Å². The molecule has 0 amide bonds. The number of hydrogen-bond donors (Lipinski definition) is 2. The molecule has 22 heavy (non-hydrogen) atoms. The third-order valence-electron chi connectivity index (χ3n) is 2.93. The number of carbonyl (C=O) groups is 1. The maximum atomic E-state index is 14.1. The highest BCUT2D eigenvalue weighted by molar-refractivity contribution is 5.86. The van der Waals surface area contributed by atoms with E-state index in [2.05, 4.69) is 4.98 Å². The topological polar surface area (TPSA) is 70.4 Å². The van der Waals surface area contributed by atoms with Crippen LogP contribution in [0.15, 0.2) is 24.3 Å². The van der Waals surface area contributed by atoms with Crippen molar-refractivity contribution in [3.05, 3.63) is 53.0 Å².